The molecule has 0 fully saturated rings. The third kappa shape index (κ3) is 2.41. The van der Waals surface area contributed by atoms with E-state index in [1.165, 1.54) is 17.7 Å². The molecule has 2 aromatic heterocycles. The number of fused-ring (bicyclic) bond motifs is 2. The quantitative estimate of drug-likeness (QED) is 0.485. The molecule has 4 aromatic rings. The van der Waals surface area contributed by atoms with Crippen molar-refractivity contribution in [1.29, 1.82) is 0 Å². The van der Waals surface area contributed by atoms with Crippen molar-refractivity contribution in [3.63, 3.8) is 0 Å². The first-order chi connectivity index (χ1) is 12.3. The second kappa shape index (κ2) is 5.49. The Kier molecular flexibility index (Phi) is 3.47. The summed E-state index contributed by atoms with van der Waals surface area (Å²) in [5.41, 5.74) is 1.24. The number of halogens is 3. The first-order valence-electron chi connectivity index (χ1n) is 8.03. The van der Waals surface area contributed by atoms with Crippen LogP contribution in [0.15, 0.2) is 59.4 Å². The minimum Gasteiger partial charge on any atom is -0.344 e. The molecule has 26 heavy (non-hydrogen) atoms. The SMILES string of the molecule is Cn1c(-c2ccccc2)cc2cc3c(cc21)c(C(F)(F)F)cc(=O)n3C. The number of aromatic nitrogens is 2. The summed E-state index contributed by atoms with van der Waals surface area (Å²) >= 11 is 0. The van der Waals surface area contributed by atoms with E-state index in [4.69, 9.17) is 0 Å². The molecule has 0 N–H and O–H groups in total. The maximum absolute atomic E-state index is 13.4. The number of alkyl halides is 3. The van der Waals surface area contributed by atoms with Gasteiger partial charge < -0.3 is 9.13 Å². The molecule has 4 rings (SSSR count). The fourth-order valence-corrected chi connectivity index (χ4v) is 3.40. The number of aryl methyl sites for hydroxylation is 2. The van der Waals surface area contributed by atoms with Crippen LogP contribution in [0.2, 0.25) is 0 Å². The van der Waals surface area contributed by atoms with Gasteiger partial charge in [-0.05, 0) is 23.8 Å². The van der Waals surface area contributed by atoms with Crippen LogP contribution in [-0.2, 0) is 20.3 Å². The van der Waals surface area contributed by atoms with Crippen molar-refractivity contribution in [2.75, 3.05) is 0 Å². The third-order valence-corrected chi connectivity index (χ3v) is 4.78. The lowest BCUT2D eigenvalue weighted by atomic mass is 10.1. The molecule has 0 saturated heterocycles. The summed E-state index contributed by atoms with van der Waals surface area (Å²) in [6.45, 7) is 0. The smallest absolute Gasteiger partial charge is 0.344 e. The van der Waals surface area contributed by atoms with Gasteiger partial charge in [0.2, 0.25) is 0 Å². The molecule has 0 aliphatic rings. The summed E-state index contributed by atoms with van der Waals surface area (Å²) in [5, 5.41) is 0.807. The van der Waals surface area contributed by atoms with Crippen molar-refractivity contribution in [1.82, 2.24) is 9.13 Å². The second-order valence-corrected chi connectivity index (χ2v) is 6.34. The van der Waals surface area contributed by atoms with Crippen molar-refractivity contribution in [3.05, 3.63) is 70.5 Å². The molecule has 0 bridgehead atoms. The zero-order chi connectivity index (χ0) is 18.6. The predicted octanol–water partition coefficient (Wildman–Crippen LogP) is 4.72. The van der Waals surface area contributed by atoms with Crippen LogP contribution in [0, 0.1) is 0 Å². The number of pyridine rings is 1. The van der Waals surface area contributed by atoms with Gasteiger partial charge in [-0.1, -0.05) is 30.3 Å². The monoisotopic (exact) mass is 356 g/mol. The van der Waals surface area contributed by atoms with Gasteiger partial charge >= 0.3 is 6.18 Å². The third-order valence-electron chi connectivity index (χ3n) is 4.78. The molecular formula is C20H15F3N2O. The summed E-state index contributed by atoms with van der Waals surface area (Å²) < 4.78 is 43.5. The molecule has 2 heterocycles. The van der Waals surface area contributed by atoms with E-state index in [1.807, 2.05) is 48.0 Å². The van der Waals surface area contributed by atoms with Gasteiger partial charge in [0.1, 0.15) is 0 Å². The number of rotatable bonds is 1. The van der Waals surface area contributed by atoms with Gasteiger partial charge in [-0.2, -0.15) is 13.2 Å². The lowest BCUT2D eigenvalue weighted by Crippen LogP contribution is -2.20. The van der Waals surface area contributed by atoms with E-state index in [2.05, 4.69) is 0 Å². The lowest BCUT2D eigenvalue weighted by Gasteiger charge is -2.13. The van der Waals surface area contributed by atoms with Crippen molar-refractivity contribution >= 4 is 21.8 Å². The first-order valence-corrected chi connectivity index (χ1v) is 8.03. The van der Waals surface area contributed by atoms with Crippen LogP contribution in [0.3, 0.4) is 0 Å². The average molecular weight is 356 g/mol. The minimum atomic E-state index is -4.59. The second-order valence-electron chi connectivity index (χ2n) is 6.34. The van der Waals surface area contributed by atoms with Crippen LogP contribution in [0.1, 0.15) is 5.56 Å². The molecule has 0 spiro atoms. The summed E-state index contributed by atoms with van der Waals surface area (Å²) in [6, 6.07) is 15.4. The highest BCUT2D eigenvalue weighted by molar-refractivity contribution is 5.99. The summed E-state index contributed by atoms with van der Waals surface area (Å²) in [7, 11) is 3.31. The van der Waals surface area contributed by atoms with Crippen molar-refractivity contribution in [2.24, 2.45) is 14.1 Å². The molecule has 0 unspecified atom stereocenters. The molecule has 0 radical (unpaired) electrons. The van der Waals surface area contributed by atoms with Gasteiger partial charge in [-0.15, -0.1) is 0 Å². The van der Waals surface area contributed by atoms with E-state index >= 15 is 0 Å². The molecule has 132 valence electrons. The van der Waals surface area contributed by atoms with Gasteiger partial charge in [0.05, 0.1) is 11.1 Å². The normalized spacial score (nSPS) is 12.2. The van der Waals surface area contributed by atoms with Crippen molar-refractivity contribution in [3.8, 4) is 11.3 Å². The largest absolute Gasteiger partial charge is 0.417 e. The Hall–Kier alpha value is -3.02. The Morgan fingerprint density at radius 2 is 1.54 bits per heavy atom. The first kappa shape index (κ1) is 16.4. The highest BCUT2D eigenvalue weighted by atomic mass is 19.4. The van der Waals surface area contributed by atoms with E-state index in [9.17, 15) is 18.0 Å². The van der Waals surface area contributed by atoms with Gasteiger partial charge in [0.25, 0.3) is 5.56 Å². The molecule has 2 aromatic carbocycles. The van der Waals surface area contributed by atoms with Crippen molar-refractivity contribution < 1.29 is 13.2 Å². The van der Waals surface area contributed by atoms with Crippen LogP contribution < -0.4 is 5.56 Å². The number of hydrogen-bond donors (Lipinski definition) is 0. The zero-order valence-corrected chi connectivity index (χ0v) is 14.1. The van der Waals surface area contributed by atoms with E-state index in [0.717, 1.165) is 16.6 Å². The molecule has 6 heteroatoms. The Morgan fingerprint density at radius 3 is 2.19 bits per heavy atom. The van der Waals surface area contributed by atoms with Gasteiger partial charge in [-0.3, -0.25) is 4.79 Å². The number of benzene rings is 2. The summed E-state index contributed by atoms with van der Waals surface area (Å²) in [5.74, 6) is 0. The zero-order valence-electron chi connectivity index (χ0n) is 14.1. The van der Waals surface area contributed by atoms with Crippen LogP contribution >= 0.6 is 0 Å². The van der Waals surface area contributed by atoms with Crippen LogP contribution in [-0.4, -0.2) is 9.13 Å². The Balaban J connectivity index is 2.12. The Morgan fingerprint density at radius 1 is 0.846 bits per heavy atom. The standard InChI is InChI=1S/C20H15F3N2O/c1-24-16(12-6-4-3-5-7-12)8-13-9-18-14(10-17(13)24)15(20(21,22)23)11-19(26)25(18)2/h3-11H,1-2H3. The average Bonchev–Trinajstić information content (AvgIpc) is 2.93. The fourth-order valence-electron chi connectivity index (χ4n) is 3.40. The summed E-state index contributed by atoms with van der Waals surface area (Å²) in [4.78, 5) is 12.0. The Labute approximate surface area is 146 Å². The summed E-state index contributed by atoms with van der Waals surface area (Å²) in [6.07, 6.45) is -4.59. The number of nitrogens with zero attached hydrogens (tertiary/aromatic N) is 2. The predicted molar refractivity (Wildman–Crippen MR) is 96.1 cm³/mol. The molecule has 3 nitrogen and oxygen atoms in total. The van der Waals surface area contributed by atoms with Gasteiger partial charge in [0, 0.05) is 42.1 Å². The van der Waals surface area contributed by atoms with Crippen molar-refractivity contribution in [2.45, 2.75) is 6.18 Å². The Bertz CT molecular complexity index is 1200. The molecule has 0 saturated carbocycles. The number of hydrogen-bond acceptors (Lipinski definition) is 1. The molecule has 0 aliphatic heterocycles. The molecule has 0 aliphatic carbocycles. The topological polar surface area (TPSA) is 26.9 Å². The minimum absolute atomic E-state index is 0.0212. The van der Waals surface area contributed by atoms with Crippen LogP contribution in [0.25, 0.3) is 33.1 Å². The van der Waals surface area contributed by atoms with Gasteiger partial charge in [-0.25, -0.2) is 0 Å². The van der Waals surface area contributed by atoms with E-state index in [-0.39, 0.29) is 10.9 Å². The van der Waals surface area contributed by atoms with Gasteiger partial charge in [0.15, 0.2) is 0 Å². The highest BCUT2D eigenvalue weighted by Crippen LogP contribution is 2.36. The molecule has 0 amide bonds. The van der Waals surface area contributed by atoms with Crippen LogP contribution in [0.4, 0.5) is 13.2 Å². The highest BCUT2D eigenvalue weighted by Gasteiger charge is 2.34. The van der Waals surface area contributed by atoms with E-state index < -0.39 is 17.3 Å². The fraction of sp³-hybridized carbons (Fsp3) is 0.150. The lowest BCUT2D eigenvalue weighted by molar-refractivity contribution is -0.136. The van der Waals surface area contributed by atoms with E-state index in [1.54, 1.807) is 6.07 Å². The van der Waals surface area contributed by atoms with E-state index in [0.29, 0.717) is 11.6 Å². The molecular weight excluding hydrogens is 341 g/mol. The maximum Gasteiger partial charge on any atom is 0.417 e. The van der Waals surface area contributed by atoms with Crippen LogP contribution in [0.5, 0.6) is 0 Å². The molecule has 0 atom stereocenters. The maximum atomic E-state index is 13.4.